The van der Waals surface area contributed by atoms with E-state index in [1.807, 2.05) is 68.4 Å². The predicted molar refractivity (Wildman–Crippen MR) is 108 cm³/mol. The number of benzene rings is 2. The van der Waals surface area contributed by atoms with E-state index in [0.29, 0.717) is 13.2 Å². The molecule has 1 atom stereocenters. The van der Waals surface area contributed by atoms with E-state index in [9.17, 15) is 9.59 Å². The number of rotatable bonds is 9. The third kappa shape index (κ3) is 6.77. The molecule has 0 aliphatic heterocycles. The first-order valence-corrected chi connectivity index (χ1v) is 9.34. The van der Waals surface area contributed by atoms with Gasteiger partial charge >= 0.3 is 0 Å². The lowest BCUT2D eigenvalue weighted by Gasteiger charge is -2.22. The number of hydrogen-bond acceptors (Lipinski definition) is 3. The highest BCUT2D eigenvalue weighted by Crippen LogP contribution is 2.21. The van der Waals surface area contributed by atoms with E-state index in [2.05, 4.69) is 5.32 Å². The molecule has 144 valence electrons. The minimum Gasteiger partial charge on any atom is -0.489 e. The van der Waals surface area contributed by atoms with Crippen LogP contribution in [0.15, 0.2) is 54.6 Å². The molecule has 2 aromatic rings. The number of nitrogens with one attached hydrogen (secondary N) is 1. The Bertz CT molecular complexity index is 729. The molecule has 0 aliphatic carbocycles. The molecule has 0 spiro atoms. The average molecular weight is 368 g/mol. The second-order valence-corrected chi connectivity index (χ2v) is 6.57. The van der Waals surface area contributed by atoms with Gasteiger partial charge in [-0.15, -0.1) is 0 Å². The van der Waals surface area contributed by atoms with E-state index in [-0.39, 0.29) is 24.3 Å². The van der Waals surface area contributed by atoms with Crippen molar-refractivity contribution >= 4 is 17.5 Å². The summed E-state index contributed by atoms with van der Waals surface area (Å²) in [6.07, 6.45) is 1.16. The number of nitrogens with zero attached hydrogens (tertiary/aromatic N) is 1. The van der Waals surface area contributed by atoms with Crippen LogP contribution in [0.5, 0.6) is 5.75 Å². The topological polar surface area (TPSA) is 58.6 Å². The zero-order valence-corrected chi connectivity index (χ0v) is 16.3. The molecule has 0 aromatic heterocycles. The Morgan fingerprint density at radius 2 is 1.74 bits per heavy atom. The van der Waals surface area contributed by atoms with E-state index < -0.39 is 0 Å². The van der Waals surface area contributed by atoms with Crippen molar-refractivity contribution in [3.8, 4) is 5.75 Å². The molecule has 0 heterocycles. The highest BCUT2D eigenvalue weighted by molar-refractivity contribution is 5.92. The maximum atomic E-state index is 12.0. The summed E-state index contributed by atoms with van der Waals surface area (Å²) in [6.45, 7) is 6.34. The average Bonchev–Trinajstić information content (AvgIpc) is 2.68. The van der Waals surface area contributed by atoms with Gasteiger partial charge in [0.25, 0.3) is 0 Å². The zero-order valence-electron chi connectivity index (χ0n) is 16.3. The lowest BCUT2D eigenvalue weighted by atomic mass is 10.2. The van der Waals surface area contributed by atoms with Crippen LogP contribution < -0.4 is 15.0 Å². The van der Waals surface area contributed by atoms with Crippen molar-refractivity contribution in [2.75, 3.05) is 11.4 Å². The lowest BCUT2D eigenvalue weighted by Crippen LogP contribution is -2.36. The maximum Gasteiger partial charge on any atom is 0.223 e. The van der Waals surface area contributed by atoms with E-state index in [4.69, 9.17) is 4.74 Å². The number of hydrogen-bond donors (Lipinski definition) is 1. The Labute approximate surface area is 161 Å². The van der Waals surface area contributed by atoms with Crippen LogP contribution in [0.2, 0.25) is 0 Å². The van der Waals surface area contributed by atoms with Crippen molar-refractivity contribution in [2.45, 2.75) is 46.3 Å². The van der Waals surface area contributed by atoms with Gasteiger partial charge in [0, 0.05) is 31.6 Å². The lowest BCUT2D eigenvalue weighted by molar-refractivity contribution is -0.121. The van der Waals surface area contributed by atoms with Gasteiger partial charge in [-0.2, -0.15) is 0 Å². The molecule has 5 nitrogen and oxygen atoms in total. The fourth-order valence-electron chi connectivity index (χ4n) is 2.59. The van der Waals surface area contributed by atoms with E-state index in [1.54, 1.807) is 4.90 Å². The van der Waals surface area contributed by atoms with Crippen LogP contribution in [0.25, 0.3) is 0 Å². The van der Waals surface area contributed by atoms with Gasteiger partial charge in [0.05, 0.1) is 0 Å². The van der Waals surface area contributed by atoms with Gasteiger partial charge in [0.1, 0.15) is 12.4 Å². The van der Waals surface area contributed by atoms with Crippen molar-refractivity contribution in [3.05, 3.63) is 60.2 Å². The quantitative estimate of drug-likeness (QED) is 0.730. The molecular formula is C22H28N2O3. The van der Waals surface area contributed by atoms with Gasteiger partial charge in [-0.05, 0) is 43.2 Å². The summed E-state index contributed by atoms with van der Waals surface area (Å²) >= 11 is 0. The van der Waals surface area contributed by atoms with Crippen LogP contribution in [0.1, 0.15) is 39.2 Å². The van der Waals surface area contributed by atoms with Gasteiger partial charge in [0.15, 0.2) is 0 Å². The highest BCUT2D eigenvalue weighted by atomic mass is 16.5. The summed E-state index contributed by atoms with van der Waals surface area (Å²) in [6, 6.07) is 17.5. The summed E-state index contributed by atoms with van der Waals surface area (Å²) in [5.41, 5.74) is 1.85. The molecule has 1 unspecified atom stereocenters. The molecule has 0 radical (unpaired) electrons. The minimum absolute atomic E-state index is 0.0431. The summed E-state index contributed by atoms with van der Waals surface area (Å²) in [7, 11) is 0. The monoisotopic (exact) mass is 368 g/mol. The first-order valence-electron chi connectivity index (χ1n) is 9.34. The number of anilines is 1. The molecule has 0 bridgehead atoms. The first-order chi connectivity index (χ1) is 13.0. The van der Waals surface area contributed by atoms with Crippen LogP contribution in [0.4, 0.5) is 5.69 Å². The Hall–Kier alpha value is -2.82. The molecule has 2 rings (SSSR count). The molecule has 2 amide bonds. The zero-order chi connectivity index (χ0) is 19.6. The smallest absolute Gasteiger partial charge is 0.223 e. The fraction of sp³-hybridized carbons (Fsp3) is 0.364. The van der Waals surface area contributed by atoms with E-state index in [1.165, 1.54) is 6.92 Å². The van der Waals surface area contributed by atoms with Crippen molar-refractivity contribution in [2.24, 2.45) is 0 Å². The standard InChI is InChI=1S/C22H28N2O3/c1-4-17(2)23-22(26)14-15-24(18(3)25)20-10-12-21(13-11-20)27-16-19-8-6-5-7-9-19/h5-13,17H,4,14-16H2,1-3H3,(H,23,26). The summed E-state index contributed by atoms with van der Waals surface area (Å²) in [4.78, 5) is 25.6. The minimum atomic E-state index is -0.0932. The molecule has 0 saturated carbocycles. The molecular weight excluding hydrogens is 340 g/mol. The van der Waals surface area contributed by atoms with Crippen molar-refractivity contribution < 1.29 is 14.3 Å². The second-order valence-electron chi connectivity index (χ2n) is 6.57. The summed E-state index contributed by atoms with van der Waals surface area (Å²) < 4.78 is 5.77. The van der Waals surface area contributed by atoms with Crippen LogP contribution in [-0.4, -0.2) is 24.4 Å². The third-order valence-electron chi connectivity index (χ3n) is 4.36. The fourth-order valence-corrected chi connectivity index (χ4v) is 2.59. The molecule has 2 aromatic carbocycles. The molecule has 0 aliphatic rings. The van der Waals surface area contributed by atoms with Crippen LogP contribution in [0.3, 0.4) is 0 Å². The highest BCUT2D eigenvalue weighted by Gasteiger charge is 2.14. The molecule has 1 N–H and O–H groups in total. The van der Waals surface area contributed by atoms with Crippen molar-refractivity contribution in [1.29, 1.82) is 0 Å². The predicted octanol–water partition coefficient (Wildman–Crippen LogP) is 3.92. The van der Waals surface area contributed by atoms with Crippen LogP contribution in [0, 0.1) is 0 Å². The van der Waals surface area contributed by atoms with Gasteiger partial charge < -0.3 is 15.0 Å². The van der Waals surface area contributed by atoms with Crippen LogP contribution in [-0.2, 0) is 16.2 Å². The third-order valence-corrected chi connectivity index (χ3v) is 4.36. The molecule has 27 heavy (non-hydrogen) atoms. The SMILES string of the molecule is CCC(C)NC(=O)CCN(C(C)=O)c1ccc(OCc2ccccc2)cc1. The maximum absolute atomic E-state index is 12.0. The summed E-state index contributed by atoms with van der Waals surface area (Å²) in [5, 5.41) is 2.92. The van der Waals surface area contributed by atoms with Gasteiger partial charge in [0.2, 0.25) is 11.8 Å². The van der Waals surface area contributed by atoms with Crippen molar-refractivity contribution in [3.63, 3.8) is 0 Å². The Morgan fingerprint density at radius 1 is 1.07 bits per heavy atom. The molecule has 5 heteroatoms. The molecule has 0 fully saturated rings. The van der Waals surface area contributed by atoms with Gasteiger partial charge in [-0.1, -0.05) is 37.3 Å². The number of carbonyl (C=O) groups excluding carboxylic acids is 2. The Balaban J connectivity index is 1.93. The first kappa shape index (κ1) is 20.5. The summed E-state index contributed by atoms with van der Waals surface area (Å²) in [5.74, 6) is 0.600. The number of carbonyl (C=O) groups is 2. The van der Waals surface area contributed by atoms with Gasteiger partial charge in [-0.3, -0.25) is 9.59 Å². The van der Waals surface area contributed by atoms with Crippen LogP contribution >= 0.6 is 0 Å². The largest absolute Gasteiger partial charge is 0.489 e. The number of ether oxygens (including phenoxy) is 1. The Kier molecular flexibility index (Phi) is 7.86. The van der Waals surface area contributed by atoms with E-state index >= 15 is 0 Å². The second kappa shape index (κ2) is 10.4. The number of amides is 2. The van der Waals surface area contributed by atoms with Crippen molar-refractivity contribution in [1.82, 2.24) is 5.32 Å². The molecule has 0 saturated heterocycles. The normalized spacial score (nSPS) is 11.5. The Morgan fingerprint density at radius 3 is 2.33 bits per heavy atom. The van der Waals surface area contributed by atoms with Gasteiger partial charge in [-0.25, -0.2) is 0 Å². The van der Waals surface area contributed by atoms with E-state index in [0.717, 1.165) is 23.4 Å².